The van der Waals surface area contributed by atoms with Crippen molar-refractivity contribution >= 4 is 58.8 Å². The van der Waals surface area contributed by atoms with E-state index in [0.29, 0.717) is 15.6 Å². The van der Waals surface area contributed by atoms with Gasteiger partial charge in [-0.25, -0.2) is 9.59 Å². The summed E-state index contributed by atoms with van der Waals surface area (Å²) in [7, 11) is 0. The zero-order chi connectivity index (χ0) is 23.1. The molecule has 0 aliphatic heterocycles. The average molecular weight is 468 g/mol. The zero-order valence-corrected chi connectivity index (χ0v) is 18.4. The van der Waals surface area contributed by atoms with Crippen molar-refractivity contribution in [3.05, 3.63) is 56.8 Å². The van der Waals surface area contributed by atoms with E-state index in [9.17, 15) is 19.2 Å². The van der Waals surface area contributed by atoms with Gasteiger partial charge >= 0.3 is 11.9 Å². The first-order valence-electron chi connectivity index (χ1n) is 9.05. The highest BCUT2D eigenvalue weighted by Gasteiger charge is 2.28. The van der Waals surface area contributed by atoms with Gasteiger partial charge in [0.05, 0.1) is 22.2 Å². The number of ketones is 1. The van der Waals surface area contributed by atoms with Gasteiger partial charge in [0.15, 0.2) is 12.4 Å². The second-order valence-corrected chi connectivity index (χ2v) is 6.99. The van der Waals surface area contributed by atoms with Crippen molar-refractivity contribution in [3.63, 3.8) is 0 Å². The number of aryl methyl sites for hydroxylation is 1. The molecular weight excluding hydrogens is 449 g/mol. The van der Waals surface area contributed by atoms with Gasteiger partial charge in [0, 0.05) is 6.08 Å². The van der Waals surface area contributed by atoms with Gasteiger partial charge in [0.1, 0.15) is 11.3 Å². The number of hydrogen-bond acceptors (Lipinski definition) is 7. The molecule has 2 aromatic rings. The van der Waals surface area contributed by atoms with Crippen molar-refractivity contribution in [1.29, 1.82) is 0 Å². The molecule has 1 aromatic heterocycles. The van der Waals surface area contributed by atoms with E-state index in [1.807, 2.05) is 0 Å². The number of benzene rings is 1. The minimum absolute atomic E-state index is 0.00954. The van der Waals surface area contributed by atoms with Crippen LogP contribution in [0.1, 0.15) is 45.9 Å². The topological polar surface area (TPSA) is 112 Å². The van der Waals surface area contributed by atoms with Crippen LogP contribution in [0.3, 0.4) is 0 Å². The first-order chi connectivity index (χ1) is 14.6. The monoisotopic (exact) mass is 467 g/mol. The zero-order valence-electron chi connectivity index (χ0n) is 16.9. The first-order valence-corrected chi connectivity index (χ1v) is 9.80. The summed E-state index contributed by atoms with van der Waals surface area (Å²) in [5.74, 6) is -2.91. The number of Topliss-reactive ketones (excluding diaryl/α,β-unsaturated/α-hetero) is 1. The molecule has 0 aliphatic carbocycles. The number of carbonyl (C=O) groups excluding carboxylic acids is 4. The second-order valence-electron chi connectivity index (χ2n) is 6.18. The Labute approximate surface area is 188 Å². The van der Waals surface area contributed by atoms with Gasteiger partial charge < -0.3 is 13.9 Å². The molecule has 1 heterocycles. The normalized spacial score (nSPS) is 10.7. The van der Waals surface area contributed by atoms with E-state index >= 15 is 0 Å². The lowest BCUT2D eigenvalue weighted by Gasteiger charge is -2.06. The van der Waals surface area contributed by atoms with Gasteiger partial charge in [0.2, 0.25) is 5.88 Å². The number of ether oxygens (including phenoxy) is 2. The van der Waals surface area contributed by atoms with Gasteiger partial charge in [-0.3, -0.25) is 14.9 Å². The standard InChI is InChI=1S/C21H19Cl2NO7/c1-4-29-21(28)19-18(11(2)25)12(3)31-20(19)24-16(26)10-30-17(27)8-6-13-5-7-14(22)15(23)9-13/h5-9H,4,10H2,1-3H3,(H,24,26)/b8-6+. The molecule has 0 saturated heterocycles. The van der Waals surface area contributed by atoms with Crippen molar-refractivity contribution in [3.8, 4) is 0 Å². The van der Waals surface area contributed by atoms with Gasteiger partial charge in [-0.15, -0.1) is 0 Å². The van der Waals surface area contributed by atoms with Crippen molar-refractivity contribution in [2.24, 2.45) is 0 Å². The number of carbonyl (C=O) groups is 4. The molecule has 0 unspecified atom stereocenters. The van der Waals surface area contributed by atoms with Gasteiger partial charge in [-0.05, 0) is 44.5 Å². The van der Waals surface area contributed by atoms with Gasteiger partial charge in [-0.2, -0.15) is 0 Å². The highest BCUT2D eigenvalue weighted by atomic mass is 35.5. The van der Waals surface area contributed by atoms with E-state index in [4.69, 9.17) is 37.1 Å². The summed E-state index contributed by atoms with van der Waals surface area (Å²) in [6.07, 6.45) is 2.55. The maximum Gasteiger partial charge on any atom is 0.344 e. The van der Waals surface area contributed by atoms with E-state index in [1.54, 1.807) is 25.1 Å². The Morgan fingerprint density at radius 3 is 2.42 bits per heavy atom. The Kier molecular flexibility index (Phi) is 8.41. The number of amides is 1. The number of halogens is 2. The molecule has 31 heavy (non-hydrogen) atoms. The Balaban J connectivity index is 2.04. The second kappa shape index (κ2) is 10.8. The average Bonchev–Trinajstić information content (AvgIpc) is 3.03. The van der Waals surface area contributed by atoms with Crippen LogP contribution in [0.4, 0.5) is 5.88 Å². The molecule has 0 saturated carbocycles. The fourth-order valence-corrected chi connectivity index (χ4v) is 2.89. The molecule has 0 aliphatic rings. The predicted octanol–water partition coefficient (Wildman–Crippen LogP) is 4.47. The number of nitrogens with one attached hydrogen (secondary N) is 1. The lowest BCUT2D eigenvalue weighted by Crippen LogP contribution is -2.21. The molecule has 0 atom stereocenters. The summed E-state index contributed by atoms with van der Waals surface area (Å²) >= 11 is 11.7. The summed E-state index contributed by atoms with van der Waals surface area (Å²) in [5, 5.41) is 3.02. The van der Waals surface area contributed by atoms with Crippen LogP contribution in [0, 0.1) is 6.92 Å². The molecule has 2 rings (SSSR count). The van der Waals surface area contributed by atoms with Crippen molar-refractivity contribution in [1.82, 2.24) is 0 Å². The van der Waals surface area contributed by atoms with E-state index in [2.05, 4.69) is 5.32 Å². The fourth-order valence-electron chi connectivity index (χ4n) is 2.58. The predicted molar refractivity (Wildman–Crippen MR) is 114 cm³/mol. The smallest absolute Gasteiger partial charge is 0.344 e. The Bertz CT molecular complexity index is 1060. The third-order valence-corrected chi connectivity index (χ3v) is 4.61. The highest BCUT2D eigenvalue weighted by Crippen LogP contribution is 2.28. The number of esters is 2. The minimum atomic E-state index is -0.818. The summed E-state index contributed by atoms with van der Waals surface area (Å²) in [6, 6.07) is 4.78. The molecule has 0 spiro atoms. The van der Waals surface area contributed by atoms with Crippen LogP contribution < -0.4 is 5.32 Å². The van der Waals surface area contributed by atoms with E-state index < -0.39 is 30.2 Å². The van der Waals surface area contributed by atoms with Crippen molar-refractivity contribution in [2.45, 2.75) is 20.8 Å². The molecule has 1 aromatic carbocycles. The third-order valence-electron chi connectivity index (χ3n) is 3.87. The Hall–Kier alpha value is -3.10. The maximum atomic E-state index is 12.2. The van der Waals surface area contributed by atoms with Crippen LogP contribution >= 0.6 is 23.2 Å². The Morgan fingerprint density at radius 1 is 1.10 bits per heavy atom. The molecule has 10 heteroatoms. The molecule has 0 bridgehead atoms. The first kappa shape index (κ1) is 24.2. The van der Waals surface area contributed by atoms with Crippen LogP contribution in [0.5, 0.6) is 0 Å². The summed E-state index contributed by atoms with van der Waals surface area (Å²) < 4.78 is 15.1. The van der Waals surface area contributed by atoms with Gasteiger partial charge in [-0.1, -0.05) is 29.3 Å². The number of hydrogen-bond donors (Lipinski definition) is 1. The molecule has 0 fully saturated rings. The maximum absolute atomic E-state index is 12.2. The SMILES string of the molecule is CCOC(=O)c1c(NC(=O)COC(=O)/C=C/c2ccc(Cl)c(Cl)c2)oc(C)c1C(C)=O. The summed E-state index contributed by atoms with van der Waals surface area (Å²) in [4.78, 5) is 48.1. The van der Waals surface area contributed by atoms with E-state index in [-0.39, 0.29) is 29.4 Å². The quantitative estimate of drug-likeness (QED) is 0.346. The van der Waals surface area contributed by atoms with Crippen molar-refractivity contribution < 1.29 is 33.1 Å². The molecule has 0 radical (unpaired) electrons. The molecule has 164 valence electrons. The summed E-state index contributed by atoms with van der Waals surface area (Å²) in [5.41, 5.74) is 0.430. The van der Waals surface area contributed by atoms with E-state index in [0.717, 1.165) is 6.08 Å². The third kappa shape index (κ3) is 6.44. The van der Waals surface area contributed by atoms with Gasteiger partial charge in [0.25, 0.3) is 5.91 Å². The molecule has 1 amide bonds. The van der Waals surface area contributed by atoms with Crippen LogP contribution in [0.15, 0.2) is 28.7 Å². The lowest BCUT2D eigenvalue weighted by atomic mass is 10.1. The number of anilines is 1. The Morgan fingerprint density at radius 2 is 1.81 bits per heavy atom. The molecular formula is C21H19Cl2NO7. The van der Waals surface area contributed by atoms with Crippen molar-refractivity contribution in [2.75, 3.05) is 18.5 Å². The number of rotatable bonds is 8. The van der Waals surface area contributed by atoms with Crippen LogP contribution in [-0.4, -0.2) is 36.8 Å². The van der Waals surface area contributed by atoms with Crippen LogP contribution in [0.25, 0.3) is 6.08 Å². The summed E-state index contributed by atoms with van der Waals surface area (Å²) in [6.45, 7) is 3.75. The van der Waals surface area contributed by atoms with Crippen LogP contribution in [-0.2, 0) is 19.1 Å². The largest absolute Gasteiger partial charge is 0.462 e. The molecule has 1 N–H and O–H groups in total. The molecule has 8 nitrogen and oxygen atoms in total. The van der Waals surface area contributed by atoms with Crippen LogP contribution in [0.2, 0.25) is 10.0 Å². The highest BCUT2D eigenvalue weighted by molar-refractivity contribution is 6.42. The fraction of sp³-hybridized carbons (Fsp3) is 0.238. The van der Waals surface area contributed by atoms with E-state index in [1.165, 1.54) is 19.9 Å². The number of furan rings is 1. The minimum Gasteiger partial charge on any atom is -0.462 e. The lowest BCUT2D eigenvalue weighted by molar-refractivity contribution is -0.142.